The molecule has 2 N–H and O–H groups in total. The molecule has 0 aliphatic heterocycles. The molecule has 4 nitrogen and oxygen atoms in total. The average molecular weight is 233 g/mol. The summed E-state index contributed by atoms with van der Waals surface area (Å²) in [4.78, 5) is 15.5. The first-order chi connectivity index (χ1) is 8.19. The van der Waals surface area contributed by atoms with Gasteiger partial charge in [-0.3, -0.25) is 9.78 Å². The average Bonchev–Trinajstić information content (AvgIpc) is 2.74. The van der Waals surface area contributed by atoms with Crippen LogP contribution in [0.3, 0.4) is 0 Å². The van der Waals surface area contributed by atoms with Crippen LogP contribution in [-0.4, -0.2) is 24.0 Å². The molecule has 1 aliphatic rings. The molecule has 0 radical (unpaired) electrons. The van der Waals surface area contributed by atoms with Gasteiger partial charge < -0.3 is 10.6 Å². The van der Waals surface area contributed by atoms with Gasteiger partial charge in [0, 0.05) is 25.0 Å². The third kappa shape index (κ3) is 2.96. The molecule has 0 spiro atoms. The van der Waals surface area contributed by atoms with Crippen LogP contribution in [0.1, 0.15) is 36.7 Å². The fraction of sp³-hybridized carbons (Fsp3) is 0.538. The number of amides is 1. The molecule has 17 heavy (non-hydrogen) atoms. The van der Waals surface area contributed by atoms with Crippen LogP contribution in [-0.2, 0) is 0 Å². The van der Waals surface area contributed by atoms with E-state index >= 15 is 0 Å². The molecule has 2 atom stereocenters. The van der Waals surface area contributed by atoms with Crippen LogP contribution >= 0.6 is 0 Å². The molecular formula is C13H19N3O. The summed E-state index contributed by atoms with van der Waals surface area (Å²) < 4.78 is 0. The van der Waals surface area contributed by atoms with Crippen molar-refractivity contribution in [2.45, 2.75) is 32.2 Å². The summed E-state index contributed by atoms with van der Waals surface area (Å²) in [5.41, 5.74) is 1.45. The highest BCUT2D eigenvalue weighted by molar-refractivity contribution is 5.92. The molecule has 2 rings (SSSR count). The van der Waals surface area contributed by atoms with Crippen LogP contribution in [0.25, 0.3) is 0 Å². The first-order valence-corrected chi connectivity index (χ1v) is 6.13. The minimum atomic E-state index is -0.145. The van der Waals surface area contributed by atoms with E-state index in [-0.39, 0.29) is 5.91 Å². The summed E-state index contributed by atoms with van der Waals surface area (Å²) >= 11 is 0. The number of carbonyl (C=O) groups is 1. The van der Waals surface area contributed by atoms with Crippen LogP contribution in [0.2, 0.25) is 0 Å². The lowest BCUT2D eigenvalue weighted by molar-refractivity contribution is 0.0958. The predicted molar refractivity (Wildman–Crippen MR) is 68.1 cm³/mol. The molecule has 1 fully saturated rings. The molecule has 1 saturated carbocycles. The number of rotatable bonds is 3. The molecule has 1 heterocycles. The number of hydrogen-bond acceptors (Lipinski definition) is 3. The molecule has 4 heteroatoms. The second-order valence-electron chi connectivity index (χ2n) is 4.77. The number of nitrogens with one attached hydrogen (secondary N) is 2. The highest BCUT2D eigenvalue weighted by atomic mass is 16.1. The molecule has 1 amide bonds. The van der Waals surface area contributed by atoms with Crippen LogP contribution in [0.15, 0.2) is 18.3 Å². The predicted octanol–water partition coefficient (Wildman–Crippen LogP) is 2.04. The van der Waals surface area contributed by atoms with E-state index in [1.807, 2.05) is 12.1 Å². The maximum atomic E-state index is 11.5. The van der Waals surface area contributed by atoms with Crippen molar-refractivity contribution in [3.63, 3.8) is 0 Å². The lowest BCUT2D eigenvalue weighted by Gasteiger charge is -2.14. The van der Waals surface area contributed by atoms with Gasteiger partial charge in [0.15, 0.2) is 0 Å². The zero-order valence-corrected chi connectivity index (χ0v) is 10.4. The number of aromatic nitrogens is 1. The second-order valence-corrected chi connectivity index (χ2v) is 4.77. The Morgan fingerprint density at radius 1 is 1.47 bits per heavy atom. The Morgan fingerprint density at radius 3 is 2.94 bits per heavy atom. The lowest BCUT2D eigenvalue weighted by atomic mass is 10.1. The van der Waals surface area contributed by atoms with Crippen LogP contribution in [0, 0.1) is 5.92 Å². The van der Waals surface area contributed by atoms with E-state index in [0.717, 1.165) is 11.6 Å². The van der Waals surface area contributed by atoms with Gasteiger partial charge in [-0.15, -0.1) is 0 Å². The van der Waals surface area contributed by atoms with Crippen molar-refractivity contribution < 1.29 is 4.79 Å². The second kappa shape index (κ2) is 5.17. The molecule has 1 aliphatic carbocycles. The van der Waals surface area contributed by atoms with Gasteiger partial charge in [0.25, 0.3) is 5.91 Å². The van der Waals surface area contributed by atoms with Gasteiger partial charge in [-0.1, -0.05) is 6.92 Å². The third-order valence-electron chi connectivity index (χ3n) is 3.29. The van der Waals surface area contributed by atoms with Crippen molar-refractivity contribution in [2.75, 3.05) is 12.4 Å². The minimum Gasteiger partial charge on any atom is -0.382 e. The molecule has 0 saturated heterocycles. The van der Waals surface area contributed by atoms with Crippen molar-refractivity contribution in [3.05, 3.63) is 24.0 Å². The van der Waals surface area contributed by atoms with Gasteiger partial charge in [-0.05, 0) is 37.3 Å². The summed E-state index contributed by atoms with van der Waals surface area (Å²) in [6.07, 6.45) is 5.37. The van der Waals surface area contributed by atoms with Gasteiger partial charge in [0.1, 0.15) is 5.69 Å². The third-order valence-corrected chi connectivity index (χ3v) is 3.29. The molecule has 2 unspecified atom stereocenters. The quantitative estimate of drug-likeness (QED) is 0.840. The lowest BCUT2D eigenvalue weighted by Crippen LogP contribution is -2.20. The van der Waals surface area contributed by atoms with Crippen molar-refractivity contribution in [2.24, 2.45) is 5.92 Å². The minimum absolute atomic E-state index is 0.145. The molecule has 0 aromatic carbocycles. The van der Waals surface area contributed by atoms with E-state index in [9.17, 15) is 4.79 Å². The summed E-state index contributed by atoms with van der Waals surface area (Å²) in [6.45, 7) is 2.28. The Hall–Kier alpha value is -1.58. The summed E-state index contributed by atoms with van der Waals surface area (Å²) in [5.74, 6) is 0.654. The van der Waals surface area contributed by atoms with E-state index in [4.69, 9.17) is 0 Å². The highest BCUT2D eigenvalue weighted by Gasteiger charge is 2.21. The van der Waals surface area contributed by atoms with Gasteiger partial charge in [0.05, 0.1) is 0 Å². The Labute approximate surface area is 102 Å². The fourth-order valence-electron chi connectivity index (χ4n) is 2.35. The Balaban J connectivity index is 2.03. The number of anilines is 1. The first-order valence-electron chi connectivity index (χ1n) is 6.13. The van der Waals surface area contributed by atoms with E-state index in [1.54, 1.807) is 13.2 Å². The first kappa shape index (κ1) is 11.9. The van der Waals surface area contributed by atoms with Crippen LogP contribution < -0.4 is 10.6 Å². The van der Waals surface area contributed by atoms with Gasteiger partial charge in [-0.2, -0.15) is 0 Å². The standard InChI is InChI=1S/C13H19N3O/c1-9-3-4-10(7-9)16-11-5-6-15-12(8-11)13(17)14-2/h5-6,8-10H,3-4,7H2,1-2H3,(H,14,17)(H,15,16). The van der Waals surface area contributed by atoms with E-state index < -0.39 is 0 Å². The largest absolute Gasteiger partial charge is 0.382 e. The van der Waals surface area contributed by atoms with Crippen LogP contribution in [0.5, 0.6) is 0 Å². The zero-order valence-electron chi connectivity index (χ0n) is 10.4. The van der Waals surface area contributed by atoms with Gasteiger partial charge in [0.2, 0.25) is 0 Å². The number of nitrogens with zero attached hydrogens (tertiary/aromatic N) is 1. The zero-order chi connectivity index (χ0) is 12.3. The fourth-order valence-corrected chi connectivity index (χ4v) is 2.35. The number of carbonyl (C=O) groups excluding carboxylic acids is 1. The van der Waals surface area contributed by atoms with Crippen molar-refractivity contribution in [1.82, 2.24) is 10.3 Å². The summed E-state index contributed by atoms with van der Waals surface area (Å²) in [7, 11) is 1.61. The smallest absolute Gasteiger partial charge is 0.269 e. The van der Waals surface area contributed by atoms with Gasteiger partial charge >= 0.3 is 0 Å². The van der Waals surface area contributed by atoms with E-state index in [2.05, 4.69) is 22.5 Å². The highest BCUT2D eigenvalue weighted by Crippen LogP contribution is 2.27. The van der Waals surface area contributed by atoms with Crippen molar-refractivity contribution in [3.8, 4) is 0 Å². The maximum Gasteiger partial charge on any atom is 0.269 e. The molecule has 0 bridgehead atoms. The van der Waals surface area contributed by atoms with Gasteiger partial charge in [-0.25, -0.2) is 0 Å². The monoisotopic (exact) mass is 233 g/mol. The summed E-state index contributed by atoms with van der Waals surface area (Å²) in [5, 5.41) is 6.05. The normalized spacial score (nSPS) is 23.4. The molecule has 1 aromatic heterocycles. The maximum absolute atomic E-state index is 11.5. The van der Waals surface area contributed by atoms with Crippen molar-refractivity contribution in [1.29, 1.82) is 0 Å². The van der Waals surface area contributed by atoms with E-state index in [0.29, 0.717) is 11.7 Å². The Kier molecular flexibility index (Phi) is 3.61. The van der Waals surface area contributed by atoms with E-state index in [1.165, 1.54) is 19.3 Å². The Bertz CT molecular complexity index is 405. The van der Waals surface area contributed by atoms with Crippen molar-refractivity contribution >= 4 is 11.6 Å². The SMILES string of the molecule is CNC(=O)c1cc(NC2CCC(C)C2)ccn1. The van der Waals surface area contributed by atoms with Crippen LogP contribution in [0.4, 0.5) is 5.69 Å². The Morgan fingerprint density at radius 2 is 2.29 bits per heavy atom. The molecule has 1 aromatic rings. The summed E-state index contributed by atoms with van der Waals surface area (Å²) in [6, 6.07) is 4.25. The molecular weight excluding hydrogens is 214 g/mol. The number of pyridine rings is 1. The molecule has 92 valence electrons. The topological polar surface area (TPSA) is 54.0 Å². The number of hydrogen-bond donors (Lipinski definition) is 2.